The van der Waals surface area contributed by atoms with Crippen molar-refractivity contribution in [3.8, 4) is 6.07 Å². The van der Waals surface area contributed by atoms with Gasteiger partial charge in [-0.15, -0.1) is 11.3 Å². The van der Waals surface area contributed by atoms with Crippen molar-refractivity contribution in [1.29, 1.82) is 5.26 Å². The third kappa shape index (κ3) is 2.45. The molecule has 1 aliphatic rings. The maximum atomic E-state index is 9.21. The average Bonchev–Trinajstić information content (AvgIpc) is 3.03. The number of anilines is 1. The first-order valence-electron chi connectivity index (χ1n) is 6.34. The van der Waals surface area contributed by atoms with E-state index in [9.17, 15) is 5.26 Å². The van der Waals surface area contributed by atoms with Gasteiger partial charge < -0.3 is 5.32 Å². The molecule has 0 aliphatic heterocycles. The molecular weight excluding hydrogens is 256 g/mol. The zero-order valence-electron chi connectivity index (χ0n) is 10.7. The molecule has 2 heterocycles. The number of rotatable bonds is 3. The van der Waals surface area contributed by atoms with Gasteiger partial charge in [-0.1, -0.05) is 0 Å². The van der Waals surface area contributed by atoms with E-state index in [0.29, 0.717) is 17.9 Å². The van der Waals surface area contributed by atoms with Crippen molar-refractivity contribution in [3.05, 3.63) is 39.0 Å². The summed E-state index contributed by atoms with van der Waals surface area (Å²) in [5.41, 5.74) is 3.99. The highest BCUT2D eigenvalue weighted by Gasteiger charge is 2.16. The van der Waals surface area contributed by atoms with Crippen LogP contribution in [0.4, 0.5) is 5.82 Å². The number of pyridine rings is 1. The molecule has 4 nitrogen and oxygen atoms in total. The molecule has 2 aromatic heterocycles. The van der Waals surface area contributed by atoms with Gasteiger partial charge in [-0.2, -0.15) is 5.26 Å². The van der Waals surface area contributed by atoms with Crippen LogP contribution in [-0.2, 0) is 19.4 Å². The number of nitriles is 1. The predicted octanol–water partition coefficient (Wildman–Crippen LogP) is 2.82. The van der Waals surface area contributed by atoms with Crippen LogP contribution in [0.15, 0.2) is 11.4 Å². The lowest BCUT2D eigenvalue weighted by molar-refractivity contribution is 0.898. The Morgan fingerprint density at radius 2 is 2.32 bits per heavy atom. The summed E-state index contributed by atoms with van der Waals surface area (Å²) in [6.07, 6.45) is 3.20. The molecule has 0 amide bonds. The van der Waals surface area contributed by atoms with Gasteiger partial charge in [0.2, 0.25) is 0 Å². The summed E-state index contributed by atoms with van der Waals surface area (Å²) in [4.78, 5) is 8.99. The van der Waals surface area contributed by atoms with Crippen molar-refractivity contribution in [3.63, 3.8) is 0 Å². The highest BCUT2D eigenvalue weighted by molar-refractivity contribution is 7.09. The van der Waals surface area contributed by atoms with E-state index in [1.165, 1.54) is 5.56 Å². The fraction of sp³-hybridized carbons (Fsp3) is 0.357. The minimum Gasteiger partial charge on any atom is -0.363 e. The number of hydrogen-bond donors (Lipinski definition) is 1. The topological polar surface area (TPSA) is 61.6 Å². The predicted molar refractivity (Wildman–Crippen MR) is 75.2 cm³/mol. The number of fused-ring (bicyclic) bond motifs is 1. The van der Waals surface area contributed by atoms with E-state index in [-0.39, 0.29) is 0 Å². The molecule has 0 fully saturated rings. The smallest absolute Gasteiger partial charge is 0.144 e. The van der Waals surface area contributed by atoms with Crippen LogP contribution in [0.25, 0.3) is 0 Å². The quantitative estimate of drug-likeness (QED) is 0.931. The fourth-order valence-electron chi connectivity index (χ4n) is 2.36. The van der Waals surface area contributed by atoms with Crippen molar-refractivity contribution in [2.45, 2.75) is 32.7 Å². The highest BCUT2D eigenvalue weighted by atomic mass is 32.1. The molecule has 19 heavy (non-hydrogen) atoms. The van der Waals surface area contributed by atoms with E-state index in [1.54, 1.807) is 11.3 Å². The fourth-order valence-corrected chi connectivity index (χ4v) is 2.97. The van der Waals surface area contributed by atoms with E-state index in [0.717, 1.165) is 35.7 Å². The number of aryl methyl sites for hydroxylation is 3. The average molecular weight is 270 g/mol. The normalized spacial score (nSPS) is 13.1. The van der Waals surface area contributed by atoms with Crippen LogP contribution in [0.1, 0.15) is 33.9 Å². The molecule has 0 spiro atoms. The third-order valence-electron chi connectivity index (χ3n) is 3.27. The summed E-state index contributed by atoms with van der Waals surface area (Å²) >= 11 is 1.63. The summed E-state index contributed by atoms with van der Waals surface area (Å²) in [7, 11) is 0. The second-order valence-electron chi connectivity index (χ2n) is 4.67. The Balaban J connectivity index is 1.82. The Bertz CT molecular complexity index is 654. The molecule has 0 bridgehead atoms. The summed E-state index contributed by atoms with van der Waals surface area (Å²) in [5, 5.41) is 15.5. The van der Waals surface area contributed by atoms with Gasteiger partial charge in [-0.3, -0.25) is 0 Å². The van der Waals surface area contributed by atoms with Crippen molar-refractivity contribution in [1.82, 2.24) is 9.97 Å². The molecule has 1 N–H and O–H groups in total. The Labute approximate surface area is 116 Å². The SMILES string of the molecule is Cc1nc(CNc2nc3c(cc2C#N)CCC3)cs1. The second kappa shape index (κ2) is 4.98. The molecule has 3 rings (SSSR count). The Kier molecular flexibility index (Phi) is 3.18. The van der Waals surface area contributed by atoms with Gasteiger partial charge in [0, 0.05) is 11.1 Å². The minimum absolute atomic E-state index is 0.616. The van der Waals surface area contributed by atoms with E-state index in [2.05, 4.69) is 21.4 Å². The number of nitrogens with one attached hydrogen (secondary N) is 1. The highest BCUT2D eigenvalue weighted by Crippen LogP contribution is 2.25. The first-order valence-corrected chi connectivity index (χ1v) is 7.22. The van der Waals surface area contributed by atoms with Crippen molar-refractivity contribution in [2.75, 3.05) is 5.32 Å². The maximum Gasteiger partial charge on any atom is 0.144 e. The van der Waals surface area contributed by atoms with E-state index < -0.39 is 0 Å². The molecule has 0 saturated heterocycles. The van der Waals surface area contributed by atoms with Crippen LogP contribution >= 0.6 is 11.3 Å². The van der Waals surface area contributed by atoms with Gasteiger partial charge in [-0.25, -0.2) is 9.97 Å². The molecule has 0 saturated carbocycles. The molecule has 0 unspecified atom stereocenters. The number of aromatic nitrogens is 2. The van der Waals surface area contributed by atoms with E-state index in [4.69, 9.17) is 0 Å². The Hall–Kier alpha value is -1.93. The van der Waals surface area contributed by atoms with Crippen LogP contribution in [0.2, 0.25) is 0 Å². The molecule has 0 aromatic carbocycles. The second-order valence-corrected chi connectivity index (χ2v) is 5.73. The third-order valence-corrected chi connectivity index (χ3v) is 4.10. The molecule has 96 valence electrons. The Morgan fingerprint density at radius 3 is 3.05 bits per heavy atom. The van der Waals surface area contributed by atoms with Crippen LogP contribution in [0.3, 0.4) is 0 Å². The zero-order valence-corrected chi connectivity index (χ0v) is 11.5. The van der Waals surface area contributed by atoms with Gasteiger partial charge in [0.05, 0.1) is 22.8 Å². The lowest BCUT2D eigenvalue weighted by Crippen LogP contribution is -2.06. The first-order chi connectivity index (χ1) is 9.26. The molecule has 5 heteroatoms. The largest absolute Gasteiger partial charge is 0.363 e. The van der Waals surface area contributed by atoms with Gasteiger partial charge in [-0.05, 0) is 37.8 Å². The summed E-state index contributed by atoms with van der Waals surface area (Å²) in [6, 6.07) is 4.20. The van der Waals surface area contributed by atoms with Gasteiger partial charge >= 0.3 is 0 Å². The van der Waals surface area contributed by atoms with Gasteiger partial charge in [0.25, 0.3) is 0 Å². The summed E-state index contributed by atoms with van der Waals surface area (Å²) in [5.74, 6) is 0.689. The van der Waals surface area contributed by atoms with Crippen molar-refractivity contribution in [2.24, 2.45) is 0 Å². The van der Waals surface area contributed by atoms with Gasteiger partial charge in [0.15, 0.2) is 0 Å². The molecular formula is C14H14N4S. The standard InChI is InChI=1S/C14H14N4S/c1-9-17-12(8-19-9)7-16-14-11(6-15)5-10-3-2-4-13(10)18-14/h5,8H,2-4,7H2,1H3,(H,16,18). The number of hydrogen-bond acceptors (Lipinski definition) is 5. The van der Waals surface area contributed by atoms with E-state index in [1.807, 2.05) is 18.4 Å². The summed E-state index contributed by atoms with van der Waals surface area (Å²) in [6.45, 7) is 2.60. The zero-order chi connectivity index (χ0) is 13.2. The molecule has 2 aromatic rings. The first kappa shape index (κ1) is 12.1. The maximum absolute atomic E-state index is 9.21. The lowest BCUT2D eigenvalue weighted by Gasteiger charge is -2.08. The van der Waals surface area contributed by atoms with E-state index >= 15 is 0 Å². The number of nitrogens with zero attached hydrogens (tertiary/aromatic N) is 3. The van der Waals surface area contributed by atoms with Crippen molar-refractivity contribution < 1.29 is 0 Å². The monoisotopic (exact) mass is 270 g/mol. The Morgan fingerprint density at radius 1 is 1.42 bits per heavy atom. The molecule has 0 radical (unpaired) electrons. The van der Waals surface area contributed by atoms with Crippen LogP contribution in [-0.4, -0.2) is 9.97 Å². The van der Waals surface area contributed by atoms with Gasteiger partial charge in [0.1, 0.15) is 11.9 Å². The lowest BCUT2D eigenvalue weighted by atomic mass is 10.1. The summed E-state index contributed by atoms with van der Waals surface area (Å²) < 4.78 is 0. The minimum atomic E-state index is 0.616. The van der Waals surface area contributed by atoms with Crippen LogP contribution in [0.5, 0.6) is 0 Å². The number of thiazole rings is 1. The molecule has 1 aliphatic carbocycles. The molecule has 0 atom stereocenters. The van der Waals surface area contributed by atoms with Crippen LogP contribution in [0, 0.1) is 18.3 Å². The van der Waals surface area contributed by atoms with Crippen molar-refractivity contribution >= 4 is 17.2 Å². The van der Waals surface area contributed by atoms with Crippen LogP contribution < -0.4 is 5.32 Å².